The number of carbonyl (C=O) groups is 2. The minimum atomic E-state index is -0.0417. The summed E-state index contributed by atoms with van der Waals surface area (Å²) in [5.74, 6) is 0.490. The number of hydrogen-bond acceptors (Lipinski definition) is 2. The summed E-state index contributed by atoms with van der Waals surface area (Å²) in [5.41, 5.74) is 3.53. The van der Waals surface area contributed by atoms with Crippen LogP contribution in [0.2, 0.25) is 0 Å². The molecule has 27 heavy (non-hydrogen) atoms. The smallest absolute Gasteiger partial charge is 0.224 e. The van der Waals surface area contributed by atoms with Crippen molar-refractivity contribution in [2.45, 2.75) is 71.6 Å². The fraction of sp³-hybridized carbons (Fsp3) is 0.565. The molecule has 0 bridgehead atoms. The molecule has 1 aromatic carbocycles. The summed E-state index contributed by atoms with van der Waals surface area (Å²) in [6.07, 6.45) is 8.91. The quantitative estimate of drug-likeness (QED) is 0.589. The van der Waals surface area contributed by atoms with Gasteiger partial charge in [-0.1, -0.05) is 44.6 Å². The first kappa shape index (κ1) is 21.2. The Balaban J connectivity index is 1.66. The van der Waals surface area contributed by atoms with E-state index in [1.165, 1.54) is 36.8 Å². The number of carbonyl (C=O) groups excluding carboxylic acids is 2. The lowest BCUT2D eigenvalue weighted by Crippen LogP contribution is -2.27. The number of amides is 2. The van der Waals surface area contributed by atoms with Crippen molar-refractivity contribution in [2.75, 3.05) is 11.9 Å². The average Bonchev–Trinajstić information content (AvgIpc) is 2.62. The topological polar surface area (TPSA) is 58.2 Å². The van der Waals surface area contributed by atoms with E-state index in [2.05, 4.69) is 30.6 Å². The van der Waals surface area contributed by atoms with Crippen molar-refractivity contribution in [1.29, 1.82) is 0 Å². The molecule has 1 aromatic rings. The molecule has 0 aliphatic heterocycles. The maximum Gasteiger partial charge on any atom is 0.224 e. The van der Waals surface area contributed by atoms with Gasteiger partial charge < -0.3 is 10.6 Å². The molecule has 0 saturated carbocycles. The highest BCUT2D eigenvalue weighted by Gasteiger charge is 2.14. The van der Waals surface area contributed by atoms with E-state index in [1.54, 1.807) is 0 Å². The fourth-order valence-electron chi connectivity index (χ4n) is 3.43. The van der Waals surface area contributed by atoms with Crippen LogP contribution >= 0.6 is 0 Å². The first-order valence-corrected chi connectivity index (χ1v) is 10.3. The van der Waals surface area contributed by atoms with E-state index in [4.69, 9.17) is 0 Å². The maximum atomic E-state index is 12.2. The van der Waals surface area contributed by atoms with Crippen LogP contribution in [0.4, 0.5) is 5.69 Å². The number of benzene rings is 1. The molecular formula is C23H34N2O2. The Kier molecular flexibility index (Phi) is 8.56. The third-order valence-electron chi connectivity index (χ3n) is 5.08. The molecule has 2 amide bonds. The molecule has 4 heteroatoms. The van der Waals surface area contributed by atoms with Crippen molar-refractivity contribution in [3.8, 4) is 0 Å². The predicted octanol–water partition coefficient (Wildman–Crippen LogP) is 5.17. The monoisotopic (exact) mass is 370 g/mol. The van der Waals surface area contributed by atoms with Crippen LogP contribution in [0.3, 0.4) is 0 Å². The number of allylic oxidation sites excluding steroid dienone is 1. The van der Waals surface area contributed by atoms with Crippen LogP contribution in [0.25, 0.3) is 0 Å². The molecule has 0 saturated heterocycles. The van der Waals surface area contributed by atoms with Crippen LogP contribution in [0.1, 0.15) is 77.2 Å². The molecule has 0 spiro atoms. The molecule has 0 heterocycles. The molecule has 1 atom stereocenters. The molecule has 2 rings (SSSR count). The second-order valence-electron chi connectivity index (χ2n) is 8.05. The highest BCUT2D eigenvalue weighted by Crippen LogP contribution is 2.20. The molecule has 1 aliphatic carbocycles. The van der Waals surface area contributed by atoms with E-state index >= 15 is 0 Å². The average molecular weight is 371 g/mol. The second-order valence-corrected chi connectivity index (χ2v) is 8.05. The van der Waals surface area contributed by atoms with Gasteiger partial charge in [-0.3, -0.25) is 9.59 Å². The Bertz CT molecular complexity index is 647. The van der Waals surface area contributed by atoms with Crippen molar-refractivity contribution in [3.63, 3.8) is 0 Å². The molecular weight excluding hydrogens is 336 g/mol. The van der Waals surface area contributed by atoms with Gasteiger partial charge in [0.2, 0.25) is 11.8 Å². The van der Waals surface area contributed by atoms with Gasteiger partial charge in [-0.25, -0.2) is 0 Å². The zero-order chi connectivity index (χ0) is 19.6. The number of rotatable bonds is 9. The van der Waals surface area contributed by atoms with Crippen LogP contribution < -0.4 is 10.6 Å². The van der Waals surface area contributed by atoms with Crippen LogP contribution in [0.15, 0.2) is 35.9 Å². The molecule has 0 unspecified atom stereocenters. The van der Waals surface area contributed by atoms with E-state index in [0.29, 0.717) is 25.3 Å². The second kappa shape index (κ2) is 10.9. The van der Waals surface area contributed by atoms with Gasteiger partial charge in [0, 0.05) is 25.1 Å². The molecule has 2 N–H and O–H groups in total. The SMILES string of the molecule is CC(C)c1ccc(NC(=O)C[C@@H](C)CC(=O)NCCC2=CCCCC2)cc1. The molecule has 4 nitrogen and oxygen atoms in total. The van der Waals surface area contributed by atoms with E-state index in [0.717, 1.165) is 12.1 Å². The maximum absolute atomic E-state index is 12.2. The summed E-state index contributed by atoms with van der Waals surface area (Å²) in [7, 11) is 0. The van der Waals surface area contributed by atoms with Gasteiger partial charge in [-0.05, 0) is 61.6 Å². The van der Waals surface area contributed by atoms with Crippen molar-refractivity contribution in [1.82, 2.24) is 5.32 Å². The van der Waals surface area contributed by atoms with Gasteiger partial charge in [-0.2, -0.15) is 0 Å². The van der Waals surface area contributed by atoms with E-state index < -0.39 is 0 Å². The first-order chi connectivity index (χ1) is 12.9. The summed E-state index contributed by atoms with van der Waals surface area (Å²) in [4.78, 5) is 24.3. The highest BCUT2D eigenvalue weighted by atomic mass is 16.2. The Morgan fingerprint density at radius 1 is 1.00 bits per heavy atom. The van der Waals surface area contributed by atoms with Crippen LogP contribution in [-0.4, -0.2) is 18.4 Å². The normalized spacial score (nSPS) is 15.2. The Morgan fingerprint density at radius 2 is 1.70 bits per heavy atom. The van der Waals surface area contributed by atoms with Crippen LogP contribution in [0.5, 0.6) is 0 Å². The first-order valence-electron chi connectivity index (χ1n) is 10.3. The zero-order valence-corrected chi connectivity index (χ0v) is 17.0. The summed E-state index contributed by atoms with van der Waals surface area (Å²) in [6.45, 7) is 6.94. The van der Waals surface area contributed by atoms with Crippen molar-refractivity contribution < 1.29 is 9.59 Å². The molecule has 148 valence electrons. The highest BCUT2D eigenvalue weighted by molar-refractivity contribution is 5.91. The largest absolute Gasteiger partial charge is 0.356 e. The van der Waals surface area contributed by atoms with Gasteiger partial charge in [0.25, 0.3) is 0 Å². The Hall–Kier alpha value is -2.10. The number of nitrogens with one attached hydrogen (secondary N) is 2. The van der Waals surface area contributed by atoms with E-state index in [9.17, 15) is 9.59 Å². The van der Waals surface area contributed by atoms with Gasteiger partial charge in [-0.15, -0.1) is 0 Å². The van der Waals surface area contributed by atoms with Crippen molar-refractivity contribution in [3.05, 3.63) is 41.5 Å². The minimum Gasteiger partial charge on any atom is -0.356 e. The lowest BCUT2D eigenvalue weighted by Gasteiger charge is -2.14. The van der Waals surface area contributed by atoms with Crippen molar-refractivity contribution in [2.24, 2.45) is 5.92 Å². The third-order valence-corrected chi connectivity index (χ3v) is 5.08. The zero-order valence-electron chi connectivity index (χ0n) is 17.0. The van der Waals surface area contributed by atoms with Gasteiger partial charge in [0.15, 0.2) is 0 Å². The number of anilines is 1. The standard InChI is InChI=1S/C23H34N2O2/c1-17(2)20-9-11-21(12-10-20)25-23(27)16-18(3)15-22(26)24-14-13-19-7-5-4-6-8-19/h7,9-12,17-18H,4-6,8,13-16H2,1-3H3,(H,24,26)(H,25,27)/t18-/m0/s1. The molecule has 1 aliphatic rings. The van der Waals surface area contributed by atoms with Gasteiger partial charge in [0.05, 0.1) is 0 Å². The Labute approximate surface area is 163 Å². The van der Waals surface area contributed by atoms with Crippen LogP contribution in [-0.2, 0) is 9.59 Å². The summed E-state index contributed by atoms with van der Waals surface area (Å²) < 4.78 is 0. The lowest BCUT2D eigenvalue weighted by atomic mass is 9.97. The summed E-state index contributed by atoms with van der Waals surface area (Å²) in [6, 6.07) is 7.95. The van der Waals surface area contributed by atoms with Gasteiger partial charge >= 0.3 is 0 Å². The summed E-state index contributed by atoms with van der Waals surface area (Å²) in [5, 5.41) is 5.91. The minimum absolute atomic E-state index is 0.0221. The molecule has 0 radical (unpaired) electrons. The van der Waals surface area contributed by atoms with Crippen LogP contribution in [0, 0.1) is 5.92 Å². The summed E-state index contributed by atoms with van der Waals surface area (Å²) >= 11 is 0. The van der Waals surface area contributed by atoms with E-state index in [1.807, 2.05) is 31.2 Å². The lowest BCUT2D eigenvalue weighted by molar-refractivity contribution is -0.122. The third kappa shape index (κ3) is 7.98. The van der Waals surface area contributed by atoms with Crippen molar-refractivity contribution >= 4 is 17.5 Å². The van der Waals surface area contributed by atoms with Gasteiger partial charge in [0.1, 0.15) is 0 Å². The Morgan fingerprint density at radius 3 is 2.33 bits per heavy atom. The molecule has 0 fully saturated rings. The molecule has 0 aromatic heterocycles. The van der Waals surface area contributed by atoms with E-state index in [-0.39, 0.29) is 17.7 Å². The predicted molar refractivity (Wildman–Crippen MR) is 112 cm³/mol. The number of hydrogen-bond donors (Lipinski definition) is 2. The fourth-order valence-corrected chi connectivity index (χ4v) is 3.43.